The fourth-order valence-corrected chi connectivity index (χ4v) is 5.92. The van der Waals surface area contributed by atoms with Crippen molar-refractivity contribution in [3.63, 3.8) is 0 Å². The first-order chi connectivity index (χ1) is 21.6. The summed E-state index contributed by atoms with van der Waals surface area (Å²) in [4.78, 5) is 9.46. The van der Waals surface area contributed by atoms with Crippen LogP contribution in [0.3, 0.4) is 0 Å². The molecule has 4 heteroatoms. The highest BCUT2D eigenvalue weighted by molar-refractivity contribution is 6.13. The molecule has 0 aliphatic carbocycles. The van der Waals surface area contributed by atoms with Crippen LogP contribution in [0, 0.1) is 13.8 Å². The quantitative estimate of drug-likeness (QED) is 0.146. The summed E-state index contributed by atoms with van der Waals surface area (Å²) in [6.45, 7) is 4.06. The number of imidazole rings is 1. The van der Waals surface area contributed by atoms with Crippen LogP contribution in [0.5, 0.6) is 0 Å². The first-order valence-corrected chi connectivity index (χ1v) is 14.8. The van der Waals surface area contributed by atoms with Crippen LogP contribution >= 0.6 is 0 Å². The number of nitrogen functional groups attached to an aromatic ring is 1. The molecule has 9 rings (SSSR count). The lowest BCUT2D eigenvalue weighted by molar-refractivity contribution is 1.29. The van der Waals surface area contributed by atoms with Gasteiger partial charge in [0.05, 0.1) is 22.1 Å². The average Bonchev–Trinajstić information content (AvgIpc) is 3.47. The Morgan fingerprint density at radius 1 is 0.432 bits per heavy atom. The highest BCUT2D eigenvalue weighted by Gasteiger charge is 2.12. The number of rotatable bonds is 0. The van der Waals surface area contributed by atoms with Crippen LogP contribution in [0.15, 0.2) is 146 Å². The molecule has 0 saturated heterocycles. The second-order valence-electron chi connectivity index (χ2n) is 10.9. The number of para-hydroxylation sites is 5. The summed E-state index contributed by atoms with van der Waals surface area (Å²) in [5.74, 6) is 0. The van der Waals surface area contributed by atoms with Crippen molar-refractivity contribution in [3.8, 4) is 0 Å². The molecule has 0 spiro atoms. The molecule has 3 heterocycles. The summed E-state index contributed by atoms with van der Waals surface area (Å²) in [6.07, 6.45) is 0. The normalized spacial score (nSPS) is 11.0. The number of fused-ring (bicyclic) bond motifs is 11. The molecule has 0 aliphatic rings. The molecule has 3 aromatic heterocycles. The van der Waals surface area contributed by atoms with Crippen molar-refractivity contribution < 1.29 is 0 Å². The zero-order valence-electron chi connectivity index (χ0n) is 24.8. The molecular formula is C40H32N4. The third kappa shape index (κ3) is 4.87. The van der Waals surface area contributed by atoms with E-state index in [1.54, 1.807) is 0 Å². The van der Waals surface area contributed by atoms with Crippen LogP contribution in [0.4, 0.5) is 5.69 Å². The fraction of sp³-hybridized carbons (Fsp3) is 0.0500. The molecule has 2 N–H and O–H groups in total. The van der Waals surface area contributed by atoms with Crippen LogP contribution in [0.1, 0.15) is 11.3 Å². The number of pyridine rings is 2. The summed E-state index contributed by atoms with van der Waals surface area (Å²) < 4.78 is 2.27. The van der Waals surface area contributed by atoms with E-state index in [-0.39, 0.29) is 0 Å². The lowest BCUT2D eigenvalue weighted by Crippen LogP contribution is -1.90. The minimum Gasteiger partial charge on any atom is -0.399 e. The Balaban J connectivity index is 0.000000118. The van der Waals surface area contributed by atoms with E-state index in [4.69, 9.17) is 10.7 Å². The monoisotopic (exact) mass is 568 g/mol. The average molecular weight is 569 g/mol. The van der Waals surface area contributed by atoms with Crippen LogP contribution in [0.25, 0.3) is 60.0 Å². The third-order valence-corrected chi connectivity index (χ3v) is 8.15. The standard InChI is InChI=1S/C19H12N2.C14H11N.C7H9N/c1-2-9-15-13(7-1)14-8-3-5-11-17(14)21-18-12-6-4-10-16(18)20-19(15)21;1-10-11-6-2-3-7-12(11)13-8-4-5-9-14(13)15-10;1-6-4-2-3-5-7(6)8/h1-12H;2-9H,1H3;2-5H,8H2,1H3. The van der Waals surface area contributed by atoms with Crippen molar-refractivity contribution in [1.82, 2.24) is 14.4 Å². The number of benzene rings is 6. The van der Waals surface area contributed by atoms with Crippen LogP contribution in [0.2, 0.25) is 0 Å². The van der Waals surface area contributed by atoms with Gasteiger partial charge < -0.3 is 5.73 Å². The van der Waals surface area contributed by atoms with Crippen molar-refractivity contribution >= 4 is 65.7 Å². The van der Waals surface area contributed by atoms with E-state index in [0.717, 1.165) is 39.1 Å². The van der Waals surface area contributed by atoms with E-state index in [9.17, 15) is 0 Å². The minimum absolute atomic E-state index is 0.868. The zero-order chi connectivity index (χ0) is 30.0. The van der Waals surface area contributed by atoms with E-state index >= 15 is 0 Å². The van der Waals surface area contributed by atoms with Gasteiger partial charge in [-0.3, -0.25) is 9.38 Å². The maximum absolute atomic E-state index is 5.52. The van der Waals surface area contributed by atoms with E-state index in [2.05, 4.69) is 126 Å². The number of aryl methyl sites for hydroxylation is 2. The Morgan fingerprint density at radius 3 is 1.61 bits per heavy atom. The topological polar surface area (TPSA) is 56.2 Å². The van der Waals surface area contributed by atoms with E-state index < -0.39 is 0 Å². The fourth-order valence-electron chi connectivity index (χ4n) is 5.92. The molecule has 0 saturated carbocycles. The predicted octanol–water partition coefficient (Wildman–Crippen LogP) is 10.1. The Morgan fingerprint density at radius 2 is 0.932 bits per heavy atom. The van der Waals surface area contributed by atoms with E-state index in [0.29, 0.717) is 0 Å². The smallest absolute Gasteiger partial charge is 0.146 e. The van der Waals surface area contributed by atoms with Crippen molar-refractivity contribution in [2.45, 2.75) is 13.8 Å². The van der Waals surface area contributed by atoms with Crippen molar-refractivity contribution in [3.05, 3.63) is 157 Å². The van der Waals surface area contributed by atoms with Gasteiger partial charge in [0.2, 0.25) is 0 Å². The molecule has 44 heavy (non-hydrogen) atoms. The maximum Gasteiger partial charge on any atom is 0.146 e. The largest absolute Gasteiger partial charge is 0.399 e. The highest BCUT2D eigenvalue weighted by Crippen LogP contribution is 2.32. The van der Waals surface area contributed by atoms with Gasteiger partial charge in [-0.2, -0.15) is 0 Å². The molecule has 0 fully saturated rings. The highest BCUT2D eigenvalue weighted by atomic mass is 15.0. The Labute approximate surface area is 256 Å². The number of nitrogens with two attached hydrogens (primary N) is 1. The summed E-state index contributed by atoms with van der Waals surface area (Å²) in [5.41, 5.74) is 14.2. The molecule has 6 aromatic carbocycles. The summed E-state index contributed by atoms with van der Waals surface area (Å²) in [7, 11) is 0. The summed E-state index contributed by atoms with van der Waals surface area (Å²) >= 11 is 0. The second-order valence-corrected chi connectivity index (χ2v) is 10.9. The minimum atomic E-state index is 0.868. The molecule has 0 radical (unpaired) electrons. The molecule has 0 bridgehead atoms. The number of nitrogens with zero attached hydrogens (tertiary/aromatic N) is 3. The number of hydrogen-bond acceptors (Lipinski definition) is 3. The summed E-state index contributed by atoms with van der Waals surface area (Å²) in [5, 5.41) is 7.50. The van der Waals surface area contributed by atoms with Gasteiger partial charge in [-0.25, -0.2) is 4.98 Å². The lowest BCUT2D eigenvalue weighted by Gasteiger charge is -2.08. The SMILES string of the molecule is Cc1ccccc1N.Cc1nc2ccccc2c2ccccc12.c1ccc2c(c1)nc1c3ccccc3c3ccccc3n21. The second kappa shape index (κ2) is 11.5. The third-order valence-electron chi connectivity index (χ3n) is 8.15. The predicted molar refractivity (Wildman–Crippen MR) is 187 cm³/mol. The lowest BCUT2D eigenvalue weighted by atomic mass is 10.0. The molecule has 0 aliphatic heterocycles. The van der Waals surface area contributed by atoms with E-state index in [1.807, 2.05) is 43.3 Å². The molecular weight excluding hydrogens is 536 g/mol. The van der Waals surface area contributed by atoms with Gasteiger partial charge in [-0.15, -0.1) is 0 Å². The van der Waals surface area contributed by atoms with Crippen LogP contribution in [-0.4, -0.2) is 14.4 Å². The molecule has 0 unspecified atom stereocenters. The first kappa shape index (κ1) is 27.1. The van der Waals surface area contributed by atoms with Gasteiger partial charge in [0.25, 0.3) is 0 Å². The van der Waals surface area contributed by atoms with Crippen LogP contribution in [-0.2, 0) is 0 Å². The van der Waals surface area contributed by atoms with Crippen molar-refractivity contribution in [1.29, 1.82) is 0 Å². The first-order valence-electron chi connectivity index (χ1n) is 14.8. The Bertz CT molecular complexity index is 2420. The Kier molecular flexibility index (Phi) is 7.09. The number of aromatic nitrogens is 3. The molecule has 4 nitrogen and oxygen atoms in total. The van der Waals surface area contributed by atoms with E-state index in [1.165, 1.54) is 37.8 Å². The maximum atomic E-state index is 5.52. The van der Waals surface area contributed by atoms with Gasteiger partial charge in [0.1, 0.15) is 5.65 Å². The number of anilines is 1. The van der Waals surface area contributed by atoms with Gasteiger partial charge in [-0.05, 0) is 60.5 Å². The number of hydrogen-bond donors (Lipinski definition) is 1. The van der Waals surface area contributed by atoms with Gasteiger partial charge in [0.15, 0.2) is 0 Å². The molecule has 212 valence electrons. The van der Waals surface area contributed by atoms with Crippen molar-refractivity contribution in [2.75, 3.05) is 5.73 Å². The van der Waals surface area contributed by atoms with Gasteiger partial charge in [0, 0.05) is 32.9 Å². The Hall–Kier alpha value is -5.74. The van der Waals surface area contributed by atoms with Gasteiger partial charge >= 0.3 is 0 Å². The van der Waals surface area contributed by atoms with Crippen LogP contribution < -0.4 is 5.73 Å². The molecule has 0 atom stereocenters. The molecule has 9 aromatic rings. The van der Waals surface area contributed by atoms with Crippen molar-refractivity contribution in [2.24, 2.45) is 0 Å². The molecule has 0 amide bonds. The van der Waals surface area contributed by atoms with Gasteiger partial charge in [-0.1, -0.05) is 115 Å². The summed E-state index contributed by atoms with van der Waals surface area (Å²) in [6, 6.07) is 49.9. The zero-order valence-corrected chi connectivity index (χ0v) is 24.8.